The Kier molecular flexibility index (Phi) is 7.09. The third-order valence-corrected chi connectivity index (χ3v) is 5.55. The fourth-order valence-corrected chi connectivity index (χ4v) is 3.79. The summed E-state index contributed by atoms with van der Waals surface area (Å²) in [6.45, 7) is 3.64. The Bertz CT molecular complexity index is 1290. The molecule has 3 aromatic carbocycles. The van der Waals surface area contributed by atoms with Crippen molar-refractivity contribution in [3.8, 4) is 16.9 Å². The summed E-state index contributed by atoms with van der Waals surface area (Å²) < 4.78 is 1.69. The zero-order chi connectivity index (χ0) is 24.1. The predicted octanol–water partition coefficient (Wildman–Crippen LogP) is 5.68. The van der Waals surface area contributed by atoms with Gasteiger partial charge in [0, 0.05) is 28.3 Å². The van der Waals surface area contributed by atoms with Crippen LogP contribution in [-0.2, 0) is 4.79 Å². The van der Waals surface area contributed by atoms with Gasteiger partial charge in [0.15, 0.2) is 0 Å². The second-order valence-electron chi connectivity index (χ2n) is 8.11. The molecule has 2 amide bonds. The summed E-state index contributed by atoms with van der Waals surface area (Å²) in [7, 11) is 0. The van der Waals surface area contributed by atoms with Gasteiger partial charge in [-0.05, 0) is 44.2 Å². The molecule has 0 bridgehead atoms. The summed E-state index contributed by atoms with van der Waals surface area (Å²) >= 11 is 6.05. The fourth-order valence-electron chi connectivity index (χ4n) is 3.60. The Morgan fingerprint density at radius 1 is 0.941 bits per heavy atom. The number of carbonyl (C=O) groups excluding carboxylic acids is 2. The maximum absolute atomic E-state index is 13.1. The van der Waals surface area contributed by atoms with Gasteiger partial charge in [-0.3, -0.25) is 9.59 Å². The fraction of sp³-hybridized carbons (Fsp3) is 0.148. The molecule has 4 aromatic rings. The summed E-state index contributed by atoms with van der Waals surface area (Å²) in [6, 6.07) is 27.7. The number of aromatic nitrogens is 2. The lowest BCUT2D eigenvalue weighted by Gasteiger charge is -2.26. The van der Waals surface area contributed by atoms with Crippen LogP contribution >= 0.6 is 11.6 Å². The summed E-state index contributed by atoms with van der Waals surface area (Å²) in [5.74, 6) is -0.0519. The molecule has 0 atom stereocenters. The molecule has 0 aliphatic rings. The number of para-hydroxylation sites is 1. The van der Waals surface area contributed by atoms with Gasteiger partial charge in [-0.2, -0.15) is 5.10 Å². The van der Waals surface area contributed by atoms with E-state index in [2.05, 4.69) is 5.32 Å². The second-order valence-corrected chi connectivity index (χ2v) is 8.55. The maximum Gasteiger partial charge on any atom is 0.254 e. The SMILES string of the molecule is CC(C)N(CC(=O)Nc1cc(-c2ccccc2)nn1-c1ccccc1)C(=O)c1cccc(Cl)c1. The molecule has 4 rings (SSSR count). The second kappa shape index (κ2) is 10.4. The zero-order valence-corrected chi connectivity index (χ0v) is 19.7. The largest absolute Gasteiger partial charge is 0.327 e. The van der Waals surface area contributed by atoms with Crippen molar-refractivity contribution in [2.24, 2.45) is 0 Å². The van der Waals surface area contributed by atoms with Crippen LogP contribution in [0, 0.1) is 0 Å². The Labute approximate surface area is 203 Å². The van der Waals surface area contributed by atoms with E-state index in [9.17, 15) is 9.59 Å². The van der Waals surface area contributed by atoms with Crippen LogP contribution in [0.1, 0.15) is 24.2 Å². The van der Waals surface area contributed by atoms with E-state index >= 15 is 0 Å². The molecule has 0 unspecified atom stereocenters. The topological polar surface area (TPSA) is 67.2 Å². The summed E-state index contributed by atoms with van der Waals surface area (Å²) in [5.41, 5.74) is 2.92. The minimum absolute atomic E-state index is 0.107. The van der Waals surface area contributed by atoms with Gasteiger partial charge in [0.05, 0.1) is 11.4 Å². The average Bonchev–Trinajstić information content (AvgIpc) is 3.26. The van der Waals surface area contributed by atoms with Gasteiger partial charge in [-0.25, -0.2) is 4.68 Å². The lowest BCUT2D eigenvalue weighted by molar-refractivity contribution is -0.117. The molecular weight excluding hydrogens is 448 g/mol. The van der Waals surface area contributed by atoms with Gasteiger partial charge < -0.3 is 10.2 Å². The normalized spacial score (nSPS) is 10.8. The van der Waals surface area contributed by atoms with Crippen LogP contribution in [0.5, 0.6) is 0 Å². The Morgan fingerprint density at radius 2 is 1.62 bits per heavy atom. The minimum Gasteiger partial charge on any atom is -0.327 e. The van der Waals surface area contributed by atoms with E-state index in [4.69, 9.17) is 16.7 Å². The third-order valence-electron chi connectivity index (χ3n) is 5.32. The molecule has 0 saturated carbocycles. The molecule has 1 aromatic heterocycles. The van der Waals surface area contributed by atoms with Crippen LogP contribution in [0.4, 0.5) is 5.82 Å². The van der Waals surface area contributed by atoms with Crippen molar-refractivity contribution in [1.29, 1.82) is 0 Å². The van der Waals surface area contributed by atoms with E-state index in [0.29, 0.717) is 16.4 Å². The first-order valence-electron chi connectivity index (χ1n) is 11.0. The lowest BCUT2D eigenvalue weighted by atomic mass is 10.1. The highest BCUT2D eigenvalue weighted by molar-refractivity contribution is 6.31. The molecule has 1 heterocycles. The van der Waals surface area contributed by atoms with Crippen molar-refractivity contribution in [1.82, 2.24) is 14.7 Å². The molecule has 0 aliphatic carbocycles. The standard InChI is InChI=1S/C27H25ClN4O2/c1-19(2)31(27(34)21-12-9-13-22(28)16-21)18-26(33)29-25-17-24(20-10-5-3-6-11-20)30-32(25)23-14-7-4-8-15-23/h3-17,19H,18H2,1-2H3,(H,29,33). The van der Waals surface area contributed by atoms with E-state index in [1.165, 1.54) is 4.90 Å². The number of nitrogens with zero attached hydrogens (tertiary/aromatic N) is 3. The highest BCUT2D eigenvalue weighted by Crippen LogP contribution is 2.25. The van der Waals surface area contributed by atoms with Gasteiger partial charge in [0.25, 0.3) is 5.91 Å². The minimum atomic E-state index is -0.319. The van der Waals surface area contributed by atoms with Gasteiger partial charge in [0.1, 0.15) is 12.4 Å². The third kappa shape index (κ3) is 5.35. The number of rotatable bonds is 7. The number of nitrogens with one attached hydrogen (secondary N) is 1. The van der Waals surface area contributed by atoms with Crippen molar-refractivity contribution in [2.45, 2.75) is 19.9 Å². The van der Waals surface area contributed by atoms with E-state index in [-0.39, 0.29) is 24.4 Å². The molecule has 0 aliphatic heterocycles. The first kappa shape index (κ1) is 23.3. The molecule has 0 saturated heterocycles. The molecule has 0 radical (unpaired) electrons. The van der Waals surface area contributed by atoms with Gasteiger partial charge in [-0.1, -0.05) is 66.2 Å². The monoisotopic (exact) mass is 472 g/mol. The predicted molar refractivity (Wildman–Crippen MR) is 135 cm³/mol. The molecule has 1 N–H and O–H groups in total. The molecule has 6 nitrogen and oxygen atoms in total. The van der Waals surface area contributed by atoms with Crippen LogP contribution in [-0.4, -0.2) is 39.1 Å². The van der Waals surface area contributed by atoms with Crippen LogP contribution in [0.3, 0.4) is 0 Å². The maximum atomic E-state index is 13.1. The van der Waals surface area contributed by atoms with E-state index in [0.717, 1.165) is 16.9 Å². The molecule has 7 heteroatoms. The van der Waals surface area contributed by atoms with Crippen molar-refractivity contribution in [2.75, 3.05) is 11.9 Å². The van der Waals surface area contributed by atoms with Gasteiger partial charge in [0.2, 0.25) is 5.91 Å². The number of halogens is 1. The zero-order valence-electron chi connectivity index (χ0n) is 19.0. The van der Waals surface area contributed by atoms with Crippen LogP contribution < -0.4 is 5.32 Å². The molecular formula is C27H25ClN4O2. The summed E-state index contributed by atoms with van der Waals surface area (Å²) in [4.78, 5) is 27.7. The lowest BCUT2D eigenvalue weighted by Crippen LogP contribution is -2.42. The van der Waals surface area contributed by atoms with Crippen molar-refractivity contribution >= 4 is 29.2 Å². The molecule has 0 fully saturated rings. The first-order chi connectivity index (χ1) is 16.4. The summed E-state index contributed by atoms with van der Waals surface area (Å²) in [6.07, 6.45) is 0. The highest BCUT2D eigenvalue weighted by Gasteiger charge is 2.23. The number of anilines is 1. The van der Waals surface area contributed by atoms with Crippen LogP contribution in [0.25, 0.3) is 16.9 Å². The van der Waals surface area contributed by atoms with Gasteiger partial charge >= 0.3 is 0 Å². The Balaban J connectivity index is 1.60. The number of hydrogen-bond donors (Lipinski definition) is 1. The first-order valence-corrected chi connectivity index (χ1v) is 11.4. The number of amides is 2. The van der Waals surface area contributed by atoms with Crippen LogP contribution in [0.2, 0.25) is 5.02 Å². The smallest absolute Gasteiger partial charge is 0.254 e. The molecule has 172 valence electrons. The van der Waals surface area contributed by atoms with E-state index in [1.54, 1.807) is 28.9 Å². The molecule has 0 spiro atoms. The number of hydrogen-bond acceptors (Lipinski definition) is 3. The van der Waals surface area contributed by atoms with Crippen molar-refractivity contribution in [3.63, 3.8) is 0 Å². The summed E-state index contributed by atoms with van der Waals surface area (Å²) in [5, 5.41) is 8.13. The van der Waals surface area contributed by atoms with E-state index < -0.39 is 0 Å². The van der Waals surface area contributed by atoms with Crippen molar-refractivity contribution in [3.05, 3.63) is 102 Å². The Morgan fingerprint density at radius 3 is 2.26 bits per heavy atom. The van der Waals surface area contributed by atoms with Gasteiger partial charge in [-0.15, -0.1) is 0 Å². The van der Waals surface area contributed by atoms with E-state index in [1.807, 2.05) is 80.6 Å². The molecule has 34 heavy (non-hydrogen) atoms. The van der Waals surface area contributed by atoms with Crippen molar-refractivity contribution < 1.29 is 9.59 Å². The van der Waals surface area contributed by atoms with Crippen LogP contribution in [0.15, 0.2) is 91.0 Å². The highest BCUT2D eigenvalue weighted by atomic mass is 35.5. The Hall–Kier alpha value is -3.90. The quantitative estimate of drug-likeness (QED) is 0.376. The average molecular weight is 473 g/mol. The number of carbonyl (C=O) groups is 2. The number of benzene rings is 3.